The van der Waals surface area contributed by atoms with Crippen LogP contribution in [0.3, 0.4) is 0 Å². The van der Waals surface area contributed by atoms with Crippen LogP contribution in [-0.4, -0.2) is 25.2 Å². The average molecular weight is 368 g/mol. The van der Waals surface area contributed by atoms with Gasteiger partial charge in [-0.25, -0.2) is 0 Å². The molecule has 0 bridgehead atoms. The molecule has 0 aromatic heterocycles. The molecule has 1 N–H and O–H groups in total. The fourth-order valence-corrected chi connectivity index (χ4v) is 2.53. The number of alkyl halides is 1. The zero-order valence-electron chi connectivity index (χ0n) is 12.7. The Bertz CT molecular complexity index is 751. The molecule has 126 valence electrons. The second-order valence-electron chi connectivity index (χ2n) is 5.05. The minimum absolute atomic E-state index is 0.217. The first-order valence-corrected chi connectivity index (χ1v) is 8.23. The number of carbonyl (C=O) groups excluding carboxylic acids is 1. The summed E-state index contributed by atoms with van der Waals surface area (Å²) in [6.45, 7) is 0.873. The van der Waals surface area contributed by atoms with Crippen molar-refractivity contribution in [2.45, 2.75) is 6.54 Å². The minimum Gasteiger partial charge on any atom is -0.492 e. The fraction of sp³-hybridized carbons (Fsp3) is 0.235. The van der Waals surface area contributed by atoms with Crippen LogP contribution in [0.4, 0.5) is 0 Å². The van der Waals surface area contributed by atoms with Gasteiger partial charge in [-0.1, -0.05) is 17.7 Å². The molecule has 0 spiro atoms. The minimum atomic E-state index is -0.278. The number of benzene rings is 2. The SMILES string of the molecule is O=C(NCc1ccc2c(c1)OCO2)c1cc(Cl)ccc1OCCCl. The van der Waals surface area contributed by atoms with Gasteiger partial charge in [0.1, 0.15) is 12.4 Å². The molecule has 0 saturated heterocycles. The van der Waals surface area contributed by atoms with E-state index in [9.17, 15) is 4.79 Å². The lowest BCUT2D eigenvalue weighted by Gasteiger charge is -2.12. The number of fused-ring (bicyclic) bond motifs is 1. The number of halogens is 2. The van der Waals surface area contributed by atoms with Crippen molar-refractivity contribution in [2.24, 2.45) is 0 Å². The van der Waals surface area contributed by atoms with Crippen LogP contribution < -0.4 is 19.5 Å². The molecular weight excluding hydrogens is 353 g/mol. The molecule has 1 amide bonds. The van der Waals surface area contributed by atoms with Gasteiger partial charge in [0.25, 0.3) is 5.91 Å². The van der Waals surface area contributed by atoms with Crippen LogP contribution >= 0.6 is 23.2 Å². The van der Waals surface area contributed by atoms with Crippen molar-refractivity contribution >= 4 is 29.1 Å². The van der Waals surface area contributed by atoms with E-state index < -0.39 is 0 Å². The summed E-state index contributed by atoms with van der Waals surface area (Å²) in [5.41, 5.74) is 1.27. The van der Waals surface area contributed by atoms with Gasteiger partial charge in [0.2, 0.25) is 6.79 Å². The number of rotatable bonds is 6. The Morgan fingerprint density at radius 2 is 2.00 bits per heavy atom. The molecule has 0 radical (unpaired) electrons. The Kier molecular flexibility index (Phi) is 5.33. The number of amides is 1. The van der Waals surface area contributed by atoms with Crippen LogP contribution in [0.2, 0.25) is 5.02 Å². The first kappa shape index (κ1) is 16.7. The maximum atomic E-state index is 12.4. The quantitative estimate of drug-likeness (QED) is 0.792. The maximum Gasteiger partial charge on any atom is 0.255 e. The van der Waals surface area contributed by atoms with Gasteiger partial charge >= 0.3 is 0 Å². The van der Waals surface area contributed by atoms with E-state index in [1.807, 2.05) is 18.2 Å². The van der Waals surface area contributed by atoms with Crippen molar-refractivity contribution in [2.75, 3.05) is 19.3 Å². The summed E-state index contributed by atoms with van der Waals surface area (Å²) in [5, 5.41) is 3.30. The Labute approximate surface area is 149 Å². The molecule has 0 atom stereocenters. The Morgan fingerprint density at radius 3 is 2.83 bits per heavy atom. The highest BCUT2D eigenvalue weighted by Gasteiger charge is 2.16. The summed E-state index contributed by atoms with van der Waals surface area (Å²) >= 11 is 11.6. The number of hydrogen-bond donors (Lipinski definition) is 1. The Morgan fingerprint density at radius 1 is 1.17 bits per heavy atom. The van der Waals surface area contributed by atoms with Crippen LogP contribution in [-0.2, 0) is 6.54 Å². The third kappa shape index (κ3) is 3.86. The largest absolute Gasteiger partial charge is 0.492 e. The van der Waals surface area contributed by atoms with E-state index in [1.165, 1.54) is 0 Å². The molecule has 3 rings (SSSR count). The van der Waals surface area contributed by atoms with Gasteiger partial charge < -0.3 is 19.5 Å². The normalized spacial score (nSPS) is 12.1. The highest BCUT2D eigenvalue weighted by molar-refractivity contribution is 6.31. The number of hydrogen-bond acceptors (Lipinski definition) is 4. The second-order valence-corrected chi connectivity index (χ2v) is 5.86. The summed E-state index contributed by atoms with van der Waals surface area (Å²) in [4.78, 5) is 12.4. The molecule has 2 aromatic rings. The average Bonchev–Trinajstić information content (AvgIpc) is 3.06. The standard InChI is InChI=1S/C17H15Cl2NO4/c18-5-6-22-14-4-2-12(19)8-13(14)17(21)20-9-11-1-3-15-16(7-11)24-10-23-15/h1-4,7-8H,5-6,9-10H2,(H,20,21). The van der Waals surface area contributed by atoms with Crippen LogP contribution in [0.5, 0.6) is 17.2 Å². The fourth-order valence-electron chi connectivity index (χ4n) is 2.28. The summed E-state index contributed by atoms with van der Waals surface area (Å²) in [6.07, 6.45) is 0. The molecule has 0 fully saturated rings. The van der Waals surface area contributed by atoms with E-state index in [4.69, 9.17) is 37.4 Å². The molecule has 0 aliphatic carbocycles. The smallest absolute Gasteiger partial charge is 0.255 e. The Hall–Kier alpha value is -2.11. The van der Waals surface area contributed by atoms with E-state index in [2.05, 4.69) is 5.32 Å². The van der Waals surface area contributed by atoms with Gasteiger partial charge in [0, 0.05) is 11.6 Å². The van der Waals surface area contributed by atoms with Crippen molar-refractivity contribution in [1.29, 1.82) is 0 Å². The molecule has 1 aliphatic heterocycles. The molecule has 1 heterocycles. The molecule has 5 nitrogen and oxygen atoms in total. The van der Waals surface area contributed by atoms with Crippen LogP contribution in [0.1, 0.15) is 15.9 Å². The molecule has 0 saturated carbocycles. The number of ether oxygens (including phenoxy) is 3. The van der Waals surface area contributed by atoms with Crippen molar-refractivity contribution in [3.8, 4) is 17.2 Å². The van der Waals surface area contributed by atoms with E-state index >= 15 is 0 Å². The lowest BCUT2D eigenvalue weighted by molar-refractivity contribution is 0.0947. The highest BCUT2D eigenvalue weighted by Crippen LogP contribution is 2.32. The van der Waals surface area contributed by atoms with Crippen LogP contribution in [0.25, 0.3) is 0 Å². The first-order valence-electron chi connectivity index (χ1n) is 7.32. The summed E-state index contributed by atoms with van der Waals surface area (Å²) in [5.74, 6) is 1.89. The van der Waals surface area contributed by atoms with E-state index in [0.717, 1.165) is 5.56 Å². The molecule has 7 heteroatoms. The van der Waals surface area contributed by atoms with Gasteiger partial charge in [0.15, 0.2) is 11.5 Å². The predicted molar refractivity (Wildman–Crippen MR) is 91.4 cm³/mol. The van der Waals surface area contributed by atoms with E-state index in [-0.39, 0.29) is 12.7 Å². The second kappa shape index (κ2) is 7.64. The maximum absolute atomic E-state index is 12.4. The zero-order chi connectivity index (χ0) is 16.9. The van der Waals surface area contributed by atoms with Crippen LogP contribution in [0.15, 0.2) is 36.4 Å². The van der Waals surface area contributed by atoms with Gasteiger partial charge in [-0.15, -0.1) is 11.6 Å². The van der Waals surface area contributed by atoms with Gasteiger partial charge in [-0.2, -0.15) is 0 Å². The van der Waals surface area contributed by atoms with E-state index in [1.54, 1.807) is 18.2 Å². The molecule has 1 aliphatic rings. The third-order valence-electron chi connectivity index (χ3n) is 3.41. The van der Waals surface area contributed by atoms with Crippen molar-refractivity contribution < 1.29 is 19.0 Å². The highest BCUT2D eigenvalue weighted by atomic mass is 35.5. The number of nitrogens with one attached hydrogen (secondary N) is 1. The van der Waals surface area contributed by atoms with Crippen molar-refractivity contribution in [3.63, 3.8) is 0 Å². The van der Waals surface area contributed by atoms with Gasteiger partial charge in [0.05, 0.1) is 11.4 Å². The van der Waals surface area contributed by atoms with E-state index in [0.29, 0.717) is 46.9 Å². The monoisotopic (exact) mass is 367 g/mol. The first-order chi connectivity index (χ1) is 11.7. The molecule has 2 aromatic carbocycles. The molecule has 0 unspecified atom stereocenters. The summed E-state index contributed by atoms with van der Waals surface area (Å²) < 4.78 is 16.1. The zero-order valence-corrected chi connectivity index (χ0v) is 14.2. The Balaban J connectivity index is 1.69. The predicted octanol–water partition coefficient (Wildman–Crippen LogP) is 3.62. The van der Waals surface area contributed by atoms with Gasteiger partial charge in [-0.3, -0.25) is 4.79 Å². The lowest BCUT2D eigenvalue weighted by Crippen LogP contribution is -2.23. The number of carbonyl (C=O) groups is 1. The van der Waals surface area contributed by atoms with Crippen LogP contribution in [0, 0.1) is 0 Å². The molecule has 24 heavy (non-hydrogen) atoms. The van der Waals surface area contributed by atoms with Gasteiger partial charge in [-0.05, 0) is 35.9 Å². The van der Waals surface area contributed by atoms with Crippen molar-refractivity contribution in [3.05, 3.63) is 52.5 Å². The summed E-state index contributed by atoms with van der Waals surface area (Å²) in [6, 6.07) is 10.4. The molecular formula is C17H15Cl2NO4. The third-order valence-corrected chi connectivity index (χ3v) is 3.80. The lowest BCUT2D eigenvalue weighted by atomic mass is 10.1. The summed E-state index contributed by atoms with van der Waals surface area (Å²) in [7, 11) is 0. The topological polar surface area (TPSA) is 56.8 Å². The van der Waals surface area contributed by atoms with Crippen molar-refractivity contribution in [1.82, 2.24) is 5.32 Å².